The molecule has 156 valence electrons. The Labute approximate surface area is 173 Å². The first kappa shape index (κ1) is 20.0. The number of amides is 1. The van der Waals surface area contributed by atoms with Gasteiger partial charge in [0, 0.05) is 13.7 Å². The Hall–Kier alpha value is -3.32. The second-order valence-corrected chi connectivity index (χ2v) is 7.23. The topological polar surface area (TPSA) is 89.2 Å². The number of ether oxygens (including phenoxy) is 2. The van der Waals surface area contributed by atoms with Crippen LogP contribution in [0.25, 0.3) is 11.0 Å². The van der Waals surface area contributed by atoms with Crippen molar-refractivity contribution in [3.05, 3.63) is 69.1 Å². The van der Waals surface area contributed by atoms with E-state index in [-0.39, 0.29) is 29.4 Å². The average molecular weight is 409 g/mol. The van der Waals surface area contributed by atoms with Gasteiger partial charge in [-0.1, -0.05) is 17.7 Å². The predicted octanol–water partition coefficient (Wildman–Crippen LogP) is 3.40. The van der Waals surface area contributed by atoms with E-state index < -0.39 is 6.04 Å². The Balaban J connectivity index is 1.95. The van der Waals surface area contributed by atoms with E-state index in [0.717, 1.165) is 5.56 Å². The van der Waals surface area contributed by atoms with Crippen LogP contribution in [0.2, 0.25) is 0 Å². The maximum atomic E-state index is 13.4. The Morgan fingerprint density at radius 1 is 1.17 bits per heavy atom. The summed E-state index contributed by atoms with van der Waals surface area (Å²) in [5, 5.41) is 10.5. The monoisotopic (exact) mass is 409 g/mol. The van der Waals surface area contributed by atoms with Crippen molar-refractivity contribution < 1.29 is 23.8 Å². The molecule has 1 aromatic heterocycles. The second kappa shape index (κ2) is 7.84. The molecule has 0 radical (unpaired) electrons. The zero-order chi connectivity index (χ0) is 21.4. The maximum absolute atomic E-state index is 13.4. The number of phenolic OH excluding ortho intramolecular Hbond substituents is 1. The molecule has 2 heterocycles. The summed E-state index contributed by atoms with van der Waals surface area (Å²) in [6.45, 7) is 4.67. The van der Waals surface area contributed by atoms with E-state index in [1.807, 2.05) is 19.9 Å². The van der Waals surface area contributed by atoms with Gasteiger partial charge in [0.05, 0.1) is 30.2 Å². The van der Waals surface area contributed by atoms with Gasteiger partial charge in [0.25, 0.3) is 5.91 Å². The highest BCUT2D eigenvalue weighted by atomic mass is 16.5. The highest BCUT2D eigenvalue weighted by molar-refractivity contribution is 5.99. The molecule has 1 atom stereocenters. The summed E-state index contributed by atoms with van der Waals surface area (Å²) >= 11 is 0. The van der Waals surface area contributed by atoms with Gasteiger partial charge < -0.3 is 23.9 Å². The standard InChI is InChI=1S/C23H23NO6/c1-4-29-18-12-14(6-7-16(18)25)20-19-21(26)15-11-13(2)5-8-17(15)30-22(19)23(27)24(20)9-10-28-3/h5-8,11-12,20,25H,4,9-10H2,1-3H3/t20-/m1/s1. The largest absolute Gasteiger partial charge is 0.504 e. The number of rotatable bonds is 6. The zero-order valence-electron chi connectivity index (χ0n) is 17.1. The molecule has 3 aromatic rings. The van der Waals surface area contributed by atoms with Crippen LogP contribution < -0.4 is 10.2 Å². The lowest BCUT2D eigenvalue weighted by Gasteiger charge is -2.25. The molecule has 0 unspecified atom stereocenters. The average Bonchev–Trinajstić information content (AvgIpc) is 3.01. The lowest BCUT2D eigenvalue weighted by Crippen LogP contribution is -2.32. The molecule has 1 aliphatic rings. The van der Waals surface area contributed by atoms with Crippen LogP contribution in [0.15, 0.2) is 45.6 Å². The number of benzene rings is 2. The molecule has 1 N–H and O–H groups in total. The number of hydrogen-bond donors (Lipinski definition) is 1. The van der Waals surface area contributed by atoms with Crippen LogP contribution >= 0.6 is 0 Å². The van der Waals surface area contributed by atoms with Gasteiger partial charge in [-0.15, -0.1) is 0 Å². The van der Waals surface area contributed by atoms with Gasteiger partial charge in [-0.05, 0) is 43.7 Å². The number of carbonyl (C=O) groups is 1. The number of carbonyl (C=O) groups excluding carboxylic acids is 1. The van der Waals surface area contributed by atoms with Crippen molar-refractivity contribution in [2.45, 2.75) is 19.9 Å². The number of nitrogens with zero attached hydrogens (tertiary/aromatic N) is 1. The molecule has 0 spiro atoms. The summed E-state index contributed by atoms with van der Waals surface area (Å²) in [4.78, 5) is 28.2. The minimum atomic E-state index is -0.663. The fourth-order valence-corrected chi connectivity index (χ4v) is 3.87. The van der Waals surface area contributed by atoms with Crippen molar-refractivity contribution in [3.63, 3.8) is 0 Å². The van der Waals surface area contributed by atoms with E-state index in [2.05, 4.69) is 0 Å². The van der Waals surface area contributed by atoms with Gasteiger partial charge in [0.15, 0.2) is 16.9 Å². The van der Waals surface area contributed by atoms with Crippen LogP contribution in [0.5, 0.6) is 11.5 Å². The Bertz CT molecular complexity index is 1180. The molecule has 30 heavy (non-hydrogen) atoms. The van der Waals surface area contributed by atoms with E-state index in [4.69, 9.17) is 13.9 Å². The van der Waals surface area contributed by atoms with Gasteiger partial charge in [-0.25, -0.2) is 0 Å². The summed E-state index contributed by atoms with van der Waals surface area (Å²) in [5.74, 6) is -0.0282. The molecule has 0 fully saturated rings. The van der Waals surface area contributed by atoms with E-state index in [1.54, 1.807) is 36.3 Å². The third-order valence-electron chi connectivity index (χ3n) is 5.26. The smallest absolute Gasteiger partial charge is 0.290 e. The Kier molecular flexibility index (Phi) is 5.22. The SMILES string of the molecule is CCOc1cc([C@@H]2c3c(oc4ccc(C)cc4c3=O)C(=O)N2CCOC)ccc1O. The number of phenols is 1. The molecule has 0 aliphatic carbocycles. The second-order valence-electron chi connectivity index (χ2n) is 7.23. The van der Waals surface area contributed by atoms with Gasteiger partial charge in [0.1, 0.15) is 5.58 Å². The van der Waals surface area contributed by atoms with Crippen molar-refractivity contribution in [1.82, 2.24) is 4.90 Å². The fourth-order valence-electron chi connectivity index (χ4n) is 3.87. The number of aromatic hydroxyl groups is 1. The molecular weight excluding hydrogens is 386 g/mol. The normalized spacial score (nSPS) is 15.6. The third kappa shape index (κ3) is 3.21. The molecule has 0 bridgehead atoms. The van der Waals surface area contributed by atoms with E-state index in [1.165, 1.54) is 6.07 Å². The molecule has 1 aliphatic heterocycles. The van der Waals surface area contributed by atoms with E-state index in [9.17, 15) is 14.7 Å². The lowest BCUT2D eigenvalue weighted by molar-refractivity contribution is 0.0663. The van der Waals surface area contributed by atoms with Gasteiger partial charge in [0.2, 0.25) is 5.76 Å². The first-order valence-electron chi connectivity index (χ1n) is 9.79. The lowest BCUT2D eigenvalue weighted by atomic mass is 9.97. The van der Waals surface area contributed by atoms with Crippen LogP contribution in [0.1, 0.15) is 40.2 Å². The highest BCUT2D eigenvalue weighted by Gasteiger charge is 2.42. The minimum absolute atomic E-state index is 0.00485. The maximum Gasteiger partial charge on any atom is 0.290 e. The van der Waals surface area contributed by atoms with E-state index >= 15 is 0 Å². The third-order valence-corrected chi connectivity index (χ3v) is 5.26. The Morgan fingerprint density at radius 2 is 1.97 bits per heavy atom. The molecule has 1 amide bonds. The van der Waals surface area contributed by atoms with Crippen LogP contribution in [-0.2, 0) is 4.74 Å². The molecule has 7 nitrogen and oxygen atoms in total. The van der Waals surface area contributed by atoms with Gasteiger partial charge in [-0.2, -0.15) is 0 Å². The molecule has 7 heteroatoms. The molecular formula is C23H23NO6. The van der Waals surface area contributed by atoms with Gasteiger partial charge in [-0.3, -0.25) is 9.59 Å². The van der Waals surface area contributed by atoms with Crippen LogP contribution in [0, 0.1) is 6.92 Å². The summed E-state index contributed by atoms with van der Waals surface area (Å²) in [5.41, 5.74) is 2.02. The summed E-state index contributed by atoms with van der Waals surface area (Å²) in [6, 6.07) is 9.50. The summed E-state index contributed by atoms with van der Waals surface area (Å²) in [6.07, 6.45) is 0. The summed E-state index contributed by atoms with van der Waals surface area (Å²) in [7, 11) is 1.55. The number of fused-ring (bicyclic) bond motifs is 2. The quantitative estimate of drug-likeness (QED) is 0.671. The van der Waals surface area contributed by atoms with Crippen molar-refractivity contribution in [3.8, 4) is 11.5 Å². The molecule has 4 rings (SSSR count). The highest BCUT2D eigenvalue weighted by Crippen LogP contribution is 2.40. The van der Waals surface area contributed by atoms with Crippen molar-refractivity contribution >= 4 is 16.9 Å². The van der Waals surface area contributed by atoms with Crippen molar-refractivity contribution in [1.29, 1.82) is 0 Å². The van der Waals surface area contributed by atoms with Crippen LogP contribution in [0.4, 0.5) is 0 Å². The first-order valence-corrected chi connectivity index (χ1v) is 9.79. The van der Waals surface area contributed by atoms with E-state index in [0.29, 0.717) is 41.1 Å². The Morgan fingerprint density at radius 3 is 2.70 bits per heavy atom. The molecule has 0 saturated heterocycles. The first-order chi connectivity index (χ1) is 14.5. The number of methoxy groups -OCH3 is 1. The molecule has 0 saturated carbocycles. The van der Waals surface area contributed by atoms with Crippen LogP contribution in [0.3, 0.4) is 0 Å². The summed E-state index contributed by atoms with van der Waals surface area (Å²) < 4.78 is 16.6. The number of aryl methyl sites for hydroxylation is 1. The minimum Gasteiger partial charge on any atom is -0.504 e. The molecule has 2 aromatic carbocycles. The van der Waals surface area contributed by atoms with Crippen LogP contribution in [-0.4, -0.2) is 42.8 Å². The zero-order valence-corrected chi connectivity index (χ0v) is 17.1. The fraction of sp³-hybridized carbons (Fsp3) is 0.304. The van der Waals surface area contributed by atoms with Crippen molar-refractivity contribution in [2.24, 2.45) is 0 Å². The predicted molar refractivity (Wildman–Crippen MR) is 111 cm³/mol. The number of hydrogen-bond acceptors (Lipinski definition) is 6. The van der Waals surface area contributed by atoms with Gasteiger partial charge >= 0.3 is 0 Å². The van der Waals surface area contributed by atoms with Crippen molar-refractivity contribution in [2.75, 3.05) is 26.9 Å².